The first kappa shape index (κ1) is 17.4. The summed E-state index contributed by atoms with van der Waals surface area (Å²) in [7, 11) is 0. The number of anilines is 1. The van der Waals surface area contributed by atoms with E-state index in [1.807, 2.05) is 6.92 Å². The molecule has 0 aliphatic carbocycles. The van der Waals surface area contributed by atoms with E-state index in [1.54, 1.807) is 54.6 Å². The molecule has 0 aliphatic rings. The average Bonchev–Trinajstić information content (AvgIpc) is 3.09. The molecule has 0 spiro atoms. The van der Waals surface area contributed by atoms with Gasteiger partial charge < -0.3 is 14.5 Å². The lowest BCUT2D eigenvalue weighted by Gasteiger charge is -2.06. The Morgan fingerprint density at radius 2 is 1.84 bits per heavy atom. The van der Waals surface area contributed by atoms with Crippen LogP contribution in [-0.4, -0.2) is 12.5 Å². The van der Waals surface area contributed by atoms with E-state index in [1.165, 1.54) is 0 Å². The van der Waals surface area contributed by atoms with Crippen LogP contribution in [0.2, 0.25) is 10.0 Å². The van der Waals surface area contributed by atoms with Gasteiger partial charge in [0, 0.05) is 16.3 Å². The van der Waals surface area contributed by atoms with Crippen molar-refractivity contribution in [2.24, 2.45) is 0 Å². The van der Waals surface area contributed by atoms with Crippen molar-refractivity contribution < 1.29 is 13.9 Å². The highest BCUT2D eigenvalue weighted by Crippen LogP contribution is 2.32. The Bertz CT molecular complexity index is 888. The topological polar surface area (TPSA) is 51.5 Å². The second-order valence-electron chi connectivity index (χ2n) is 5.20. The molecule has 25 heavy (non-hydrogen) atoms. The monoisotopic (exact) mass is 375 g/mol. The third-order valence-corrected chi connectivity index (χ3v) is 4.01. The van der Waals surface area contributed by atoms with Crippen LogP contribution in [0.3, 0.4) is 0 Å². The van der Waals surface area contributed by atoms with E-state index in [-0.39, 0.29) is 11.7 Å². The molecule has 3 rings (SSSR count). The largest absolute Gasteiger partial charge is 0.494 e. The number of hydrogen-bond donors (Lipinski definition) is 1. The number of amides is 1. The van der Waals surface area contributed by atoms with E-state index < -0.39 is 0 Å². The van der Waals surface area contributed by atoms with Gasteiger partial charge in [-0.15, -0.1) is 0 Å². The van der Waals surface area contributed by atoms with Gasteiger partial charge in [0.25, 0.3) is 5.91 Å². The van der Waals surface area contributed by atoms with Crippen LogP contribution in [0.25, 0.3) is 11.3 Å². The zero-order valence-corrected chi connectivity index (χ0v) is 14.9. The molecule has 3 aromatic rings. The number of rotatable bonds is 5. The van der Waals surface area contributed by atoms with Crippen LogP contribution in [-0.2, 0) is 0 Å². The number of nitrogens with one attached hydrogen (secondary N) is 1. The highest BCUT2D eigenvalue weighted by molar-refractivity contribution is 6.35. The molecule has 2 aromatic carbocycles. The van der Waals surface area contributed by atoms with E-state index in [0.29, 0.717) is 33.7 Å². The summed E-state index contributed by atoms with van der Waals surface area (Å²) in [6, 6.07) is 15.5. The lowest BCUT2D eigenvalue weighted by atomic mass is 10.2. The summed E-state index contributed by atoms with van der Waals surface area (Å²) in [5.74, 6) is 1.05. The van der Waals surface area contributed by atoms with Crippen molar-refractivity contribution >= 4 is 34.8 Å². The van der Waals surface area contributed by atoms with E-state index in [2.05, 4.69) is 5.32 Å². The SMILES string of the molecule is CCOc1ccc(NC(=O)c2ccc(-c3cc(Cl)ccc3Cl)o2)cc1. The van der Waals surface area contributed by atoms with Crippen LogP contribution < -0.4 is 10.1 Å². The quantitative estimate of drug-likeness (QED) is 0.603. The maximum absolute atomic E-state index is 12.3. The van der Waals surface area contributed by atoms with E-state index in [9.17, 15) is 4.79 Å². The molecule has 0 fully saturated rings. The summed E-state index contributed by atoms with van der Waals surface area (Å²) >= 11 is 12.1. The van der Waals surface area contributed by atoms with Crippen molar-refractivity contribution in [2.75, 3.05) is 11.9 Å². The number of benzene rings is 2. The zero-order valence-electron chi connectivity index (χ0n) is 13.4. The maximum atomic E-state index is 12.3. The minimum atomic E-state index is -0.353. The van der Waals surface area contributed by atoms with Gasteiger partial charge in [-0.1, -0.05) is 23.2 Å². The first-order valence-electron chi connectivity index (χ1n) is 7.66. The zero-order chi connectivity index (χ0) is 17.8. The summed E-state index contributed by atoms with van der Waals surface area (Å²) in [4.78, 5) is 12.3. The Labute approximate surface area is 155 Å². The molecule has 0 atom stereocenters. The molecule has 0 radical (unpaired) electrons. The molecule has 1 amide bonds. The number of halogens is 2. The van der Waals surface area contributed by atoms with Gasteiger partial charge in [-0.2, -0.15) is 0 Å². The molecule has 4 nitrogen and oxygen atoms in total. The molecule has 0 unspecified atom stereocenters. The van der Waals surface area contributed by atoms with Gasteiger partial charge in [-0.3, -0.25) is 4.79 Å². The van der Waals surface area contributed by atoms with Crippen molar-refractivity contribution in [3.63, 3.8) is 0 Å². The number of hydrogen-bond acceptors (Lipinski definition) is 3. The number of carbonyl (C=O) groups is 1. The van der Waals surface area contributed by atoms with Gasteiger partial charge in [-0.25, -0.2) is 0 Å². The third kappa shape index (κ3) is 4.16. The third-order valence-electron chi connectivity index (χ3n) is 3.45. The van der Waals surface area contributed by atoms with Gasteiger partial charge >= 0.3 is 0 Å². The van der Waals surface area contributed by atoms with Crippen LogP contribution in [0.4, 0.5) is 5.69 Å². The smallest absolute Gasteiger partial charge is 0.291 e. The second kappa shape index (κ2) is 7.64. The first-order valence-corrected chi connectivity index (χ1v) is 8.42. The fraction of sp³-hybridized carbons (Fsp3) is 0.105. The Morgan fingerprint density at radius 1 is 1.08 bits per heavy atom. The minimum absolute atomic E-state index is 0.180. The van der Waals surface area contributed by atoms with Gasteiger partial charge in [0.05, 0.1) is 11.6 Å². The standard InChI is InChI=1S/C19H15Cl2NO3/c1-2-24-14-6-4-13(5-7-14)22-19(23)18-10-9-17(25-18)15-11-12(20)3-8-16(15)21/h3-11H,2H2,1H3,(H,22,23). The van der Waals surface area contributed by atoms with E-state index in [4.69, 9.17) is 32.4 Å². The summed E-state index contributed by atoms with van der Waals surface area (Å²) in [5, 5.41) is 3.81. The summed E-state index contributed by atoms with van der Waals surface area (Å²) < 4.78 is 11.0. The normalized spacial score (nSPS) is 10.5. The van der Waals surface area contributed by atoms with Gasteiger partial charge in [0.15, 0.2) is 5.76 Å². The van der Waals surface area contributed by atoms with Gasteiger partial charge in [-0.05, 0) is 61.5 Å². The molecule has 0 bridgehead atoms. The number of carbonyl (C=O) groups excluding carboxylic acids is 1. The second-order valence-corrected chi connectivity index (χ2v) is 6.04. The lowest BCUT2D eigenvalue weighted by Crippen LogP contribution is -2.10. The Morgan fingerprint density at radius 3 is 2.56 bits per heavy atom. The van der Waals surface area contributed by atoms with Crippen molar-refractivity contribution in [3.8, 4) is 17.1 Å². The molecule has 0 aliphatic heterocycles. The predicted octanol–water partition coefficient (Wildman–Crippen LogP) is 5.90. The molecule has 1 N–H and O–H groups in total. The minimum Gasteiger partial charge on any atom is -0.494 e. The van der Waals surface area contributed by atoms with Crippen LogP contribution in [0.5, 0.6) is 5.75 Å². The van der Waals surface area contributed by atoms with Crippen molar-refractivity contribution in [1.29, 1.82) is 0 Å². The van der Waals surface area contributed by atoms with E-state index in [0.717, 1.165) is 5.75 Å². The highest BCUT2D eigenvalue weighted by Gasteiger charge is 2.14. The maximum Gasteiger partial charge on any atom is 0.291 e. The molecule has 6 heteroatoms. The molecular formula is C19H15Cl2NO3. The molecule has 0 saturated carbocycles. The van der Waals surface area contributed by atoms with Crippen molar-refractivity contribution in [3.05, 3.63) is 70.4 Å². The van der Waals surface area contributed by atoms with Gasteiger partial charge in [0.1, 0.15) is 11.5 Å². The summed E-state index contributed by atoms with van der Waals surface area (Å²) in [5.41, 5.74) is 1.28. The molecule has 0 saturated heterocycles. The molecule has 1 aromatic heterocycles. The van der Waals surface area contributed by atoms with Crippen LogP contribution in [0.1, 0.15) is 17.5 Å². The van der Waals surface area contributed by atoms with Crippen molar-refractivity contribution in [1.82, 2.24) is 0 Å². The first-order chi connectivity index (χ1) is 12.1. The predicted molar refractivity (Wildman–Crippen MR) is 99.7 cm³/mol. The van der Waals surface area contributed by atoms with Crippen LogP contribution in [0, 0.1) is 0 Å². The Kier molecular flexibility index (Phi) is 5.31. The fourth-order valence-electron chi connectivity index (χ4n) is 2.28. The molecule has 128 valence electrons. The molecular weight excluding hydrogens is 361 g/mol. The van der Waals surface area contributed by atoms with Gasteiger partial charge in [0.2, 0.25) is 0 Å². The number of ether oxygens (including phenoxy) is 1. The number of furan rings is 1. The van der Waals surface area contributed by atoms with E-state index >= 15 is 0 Å². The summed E-state index contributed by atoms with van der Waals surface area (Å²) in [6.45, 7) is 2.50. The summed E-state index contributed by atoms with van der Waals surface area (Å²) in [6.07, 6.45) is 0. The van der Waals surface area contributed by atoms with Crippen LogP contribution in [0.15, 0.2) is 59.0 Å². The fourth-order valence-corrected chi connectivity index (χ4v) is 2.67. The lowest BCUT2D eigenvalue weighted by molar-refractivity contribution is 0.0997. The van der Waals surface area contributed by atoms with Crippen LogP contribution >= 0.6 is 23.2 Å². The average molecular weight is 376 g/mol. The molecule has 1 heterocycles. The highest BCUT2D eigenvalue weighted by atomic mass is 35.5. The Balaban J connectivity index is 1.75. The van der Waals surface area contributed by atoms with Crippen molar-refractivity contribution in [2.45, 2.75) is 6.92 Å². The Hall–Kier alpha value is -2.43.